The first-order chi connectivity index (χ1) is 6.68. The van der Waals surface area contributed by atoms with Crippen LogP contribution in [0.15, 0.2) is 30.3 Å². The topological polar surface area (TPSA) is 38.3 Å². The fourth-order valence-corrected chi connectivity index (χ4v) is 3.43. The average molecular weight is 211 g/mol. The standard InChI is InChI=1S/C10H13NO2S/c1-14(8-13-10(12)11-14)7-9-5-3-2-4-6-9/h2-6H,7-8H2,1H3,(H,11,12). The second-order valence-corrected chi connectivity index (χ2v) is 6.83. The number of nitrogens with one attached hydrogen (secondary N) is 1. The molecular weight excluding hydrogens is 198 g/mol. The predicted octanol–water partition coefficient (Wildman–Crippen LogP) is 2.23. The van der Waals surface area contributed by atoms with Crippen LogP contribution in [0.1, 0.15) is 5.56 Å². The lowest BCUT2D eigenvalue weighted by Crippen LogP contribution is -2.18. The number of rotatable bonds is 2. The normalized spacial score (nSPS) is 30.2. The molecule has 0 aromatic heterocycles. The Morgan fingerprint density at radius 2 is 2.14 bits per heavy atom. The highest BCUT2D eigenvalue weighted by Gasteiger charge is 2.29. The first kappa shape index (κ1) is 9.40. The van der Waals surface area contributed by atoms with E-state index in [9.17, 15) is 4.79 Å². The number of carbonyl (C=O) groups excluding carboxylic acids is 1. The largest absolute Gasteiger partial charge is 0.438 e. The van der Waals surface area contributed by atoms with Crippen molar-refractivity contribution in [2.24, 2.45) is 0 Å². The van der Waals surface area contributed by atoms with Crippen molar-refractivity contribution in [3.63, 3.8) is 0 Å². The van der Waals surface area contributed by atoms with Gasteiger partial charge in [-0.2, -0.15) is 0 Å². The van der Waals surface area contributed by atoms with Crippen molar-refractivity contribution < 1.29 is 9.53 Å². The van der Waals surface area contributed by atoms with Gasteiger partial charge in [-0.3, -0.25) is 4.72 Å². The van der Waals surface area contributed by atoms with Crippen molar-refractivity contribution in [2.75, 3.05) is 12.2 Å². The zero-order valence-corrected chi connectivity index (χ0v) is 8.84. The average Bonchev–Trinajstić information content (AvgIpc) is 2.47. The molecule has 0 radical (unpaired) electrons. The molecule has 1 aromatic rings. The molecule has 1 aliphatic rings. The Hall–Kier alpha value is -1.16. The molecule has 1 aromatic carbocycles. The molecule has 2 rings (SSSR count). The van der Waals surface area contributed by atoms with Gasteiger partial charge < -0.3 is 4.74 Å². The van der Waals surface area contributed by atoms with Gasteiger partial charge in [-0.25, -0.2) is 4.79 Å². The summed E-state index contributed by atoms with van der Waals surface area (Å²) in [7, 11) is -1.13. The molecule has 1 fully saturated rings. The number of benzene rings is 1. The molecule has 14 heavy (non-hydrogen) atoms. The Bertz CT molecular complexity index is 341. The summed E-state index contributed by atoms with van der Waals surface area (Å²) in [6.07, 6.45) is 1.80. The first-order valence-electron chi connectivity index (χ1n) is 4.40. The molecular formula is C10H13NO2S. The van der Waals surface area contributed by atoms with Crippen molar-refractivity contribution in [1.29, 1.82) is 0 Å². The van der Waals surface area contributed by atoms with Crippen LogP contribution in [0.4, 0.5) is 4.79 Å². The number of ether oxygens (including phenoxy) is 1. The number of hydrogen-bond acceptors (Lipinski definition) is 2. The number of cyclic esters (lactones) is 1. The van der Waals surface area contributed by atoms with Gasteiger partial charge in [0.25, 0.3) is 0 Å². The molecule has 3 nitrogen and oxygen atoms in total. The van der Waals surface area contributed by atoms with Gasteiger partial charge in [0.2, 0.25) is 0 Å². The van der Waals surface area contributed by atoms with Crippen molar-refractivity contribution in [2.45, 2.75) is 5.75 Å². The molecule has 1 heterocycles. The van der Waals surface area contributed by atoms with Crippen molar-refractivity contribution in [3.8, 4) is 0 Å². The zero-order valence-electron chi connectivity index (χ0n) is 8.03. The Labute approximate surface area is 84.9 Å². The third-order valence-corrected chi connectivity index (χ3v) is 4.38. The van der Waals surface area contributed by atoms with Crippen molar-refractivity contribution in [3.05, 3.63) is 35.9 Å². The summed E-state index contributed by atoms with van der Waals surface area (Å²) >= 11 is 0. The maximum absolute atomic E-state index is 10.9. The quantitative estimate of drug-likeness (QED) is 0.814. The summed E-state index contributed by atoms with van der Waals surface area (Å²) in [5.74, 6) is 1.42. The van der Waals surface area contributed by atoms with E-state index in [2.05, 4.69) is 23.1 Å². The van der Waals surface area contributed by atoms with E-state index in [0.717, 1.165) is 5.75 Å². The van der Waals surface area contributed by atoms with Crippen LogP contribution in [0.5, 0.6) is 0 Å². The third-order valence-electron chi connectivity index (χ3n) is 2.11. The molecule has 1 amide bonds. The molecule has 1 atom stereocenters. The van der Waals surface area contributed by atoms with Crippen LogP contribution in [0.3, 0.4) is 0 Å². The maximum Gasteiger partial charge on any atom is 0.416 e. The highest BCUT2D eigenvalue weighted by atomic mass is 32.3. The van der Waals surface area contributed by atoms with E-state index in [0.29, 0.717) is 5.94 Å². The number of carbonyl (C=O) groups is 1. The van der Waals surface area contributed by atoms with Gasteiger partial charge in [-0.05, 0) is 11.8 Å². The molecule has 1 N–H and O–H groups in total. The van der Waals surface area contributed by atoms with Crippen molar-refractivity contribution >= 4 is 16.3 Å². The summed E-state index contributed by atoms with van der Waals surface area (Å²) < 4.78 is 7.83. The number of amides is 1. The third kappa shape index (κ3) is 2.01. The summed E-state index contributed by atoms with van der Waals surface area (Å²) in [5, 5.41) is 0. The van der Waals surface area contributed by atoms with E-state index < -0.39 is 10.2 Å². The van der Waals surface area contributed by atoms with Crippen LogP contribution >= 0.6 is 10.2 Å². The van der Waals surface area contributed by atoms with Crippen LogP contribution in [-0.4, -0.2) is 18.3 Å². The van der Waals surface area contributed by atoms with Crippen LogP contribution < -0.4 is 4.72 Å². The van der Waals surface area contributed by atoms with E-state index in [1.165, 1.54) is 5.56 Å². The Morgan fingerprint density at radius 3 is 2.71 bits per heavy atom. The smallest absolute Gasteiger partial charge is 0.416 e. The monoisotopic (exact) mass is 211 g/mol. The van der Waals surface area contributed by atoms with Gasteiger partial charge in [-0.1, -0.05) is 30.3 Å². The lowest BCUT2D eigenvalue weighted by Gasteiger charge is -2.27. The van der Waals surface area contributed by atoms with Crippen LogP contribution in [0, 0.1) is 0 Å². The van der Waals surface area contributed by atoms with Crippen LogP contribution in [0.25, 0.3) is 0 Å². The fourth-order valence-electron chi connectivity index (χ4n) is 1.46. The molecule has 1 aliphatic heterocycles. The van der Waals surface area contributed by atoms with Gasteiger partial charge in [0.15, 0.2) is 0 Å². The van der Waals surface area contributed by atoms with Crippen LogP contribution in [-0.2, 0) is 10.5 Å². The van der Waals surface area contributed by atoms with Gasteiger partial charge in [0.1, 0.15) is 5.94 Å². The molecule has 1 saturated heterocycles. The summed E-state index contributed by atoms with van der Waals surface area (Å²) in [4.78, 5) is 10.9. The van der Waals surface area contributed by atoms with E-state index in [1.54, 1.807) is 0 Å². The molecule has 1 unspecified atom stereocenters. The molecule has 0 spiro atoms. The SMILES string of the molecule is CS1(Cc2ccccc2)COC(=O)N1. The molecule has 76 valence electrons. The number of hydrogen-bond donors (Lipinski definition) is 1. The molecule has 4 heteroatoms. The predicted molar refractivity (Wildman–Crippen MR) is 58.1 cm³/mol. The minimum atomic E-state index is -1.13. The van der Waals surface area contributed by atoms with E-state index in [1.807, 2.05) is 18.2 Å². The van der Waals surface area contributed by atoms with Crippen LogP contribution in [0.2, 0.25) is 0 Å². The lowest BCUT2D eigenvalue weighted by molar-refractivity contribution is 0.180. The maximum atomic E-state index is 10.9. The minimum Gasteiger partial charge on any atom is -0.438 e. The zero-order chi connectivity index (χ0) is 10.0. The van der Waals surface area contributed by atoms with Gasteiger partial charge in [0, 0.05) is 5.75 Å². The second kappa shape index (κ2) is 3.53. The molecule has 0 bridgehead atoms. The fraction of sp³-hybridized carbons (Fsp3) is 0.300. The van der Waals surface area contributed by atoms with Crippen molar-refractivity contribution in [1.82, 2.24) is 4.72 Å². The van der Waals surface area contributed by atoms with E-state index in [-0.39, 0.29) is 6.09 Å². The first-order valence-corrected chi connectivity index (χ1v) is 6.78. The van der Waals surface area contributed by atoms with Gasteiger partial charge >= 0.3 is 6.09 Å². The highest BCUT2D eigenvalue weighted by Crippen LogP contribution is 2.46. The molecule has 0 aliphatic carbocycles. The summed E-state index contributed by atoms with van der Waals surface area (Å²) in [5.41, 5.74) is 1.25. The second-order valence-electron chi connectivity index (χ2n) is 3.56. The Balaban J connectivity index is 2.08. The summed E-state index contributed by atoms with van der Waals surface area (Å²) in [6, 6.07) is 10.2. The van der Waals surface area contributed by atoms with E-state index >= 15 is 0 Å². The highest BCUT2D eigenvalue weighted by molar-refractivity contribution is 8.31. The molecule has 0 saturated carbocycles. The van der Waals surface area contributed by atoms with Gasteiger partial charge in [-0.15, -0.1) is 10.2 Å². The Morgan fingerprint density at radius 1 is 1.43 bits per heavy atom. The Kier molecular flexibility index (Phi) is 2.37. The lowest BCUT2D eigenvalue weighted by atomic mass is 10.2. The summed E-state index contributed by atoms with van der Waals surface area (Å²) in [6.45, 7) is 0. The van der Waals surface area contributed by atoms with Gasteiger partial charge in [0.05, 0.1) is 0 Å². The van der Waals surface area contributed by atoms with E-state index in [4.69, 9.17) is 4.74 Å². The minimum absolute atomic E-state index is 0.279.